The minimum atomic E-state index is -0.479. The van der Waals surface area contributed by atoms with Crippen LogP contribution in [0.4, 0.5) is 20.7 Å². The highest BCUT2D eigenvalue weighted by atomic mass is 19.1. The second kappa shape index (κ2) is 6.67. The molecule has 2 aromatic rings. The van der Waals surface area contributed by atoms with Crippen molar-refractivity contribution in [2.45, 2.75) is 6.54 Å². The number of halogens is 1. The van der Waals surface area contributed by atoms with Gasteiger partial charge < -0.3 is 10.1 Å². The van der Waals surface area contributed by atoms with E-state index in [2.05, 4.69) is 15.7 Å². The molecule has 0 aliphatic rings. The quantitative estimate of drug-likeness (QED) is 0.882. The van der Waals surface area contributed by atoms with Gasteiger partial charge in [-0.25, -0.2) is 9.18 Å². The van der Waals surface area contributed by atoms with Crippen LogP contribution in [0.25, 0.3) is 0 Å². The molecular formula is C13H15FN4O2. The highest BCUT2D eigenvalue weighted by Gasteiger charge is 2.05. The number of methoxy groups -OCH3 is 1. The van der Waals surface area contributed by atoms with Crippen LogP contribution >= 0.6 is 0 Å². The number of nitrogens with one attached hydrogen (secondary N) is 2. The molecule has 2 N–H and O–H groups in total. The van der Waals surface area contributed by atoms with Crippen molar-refractivity contribution in [1.82, 2.24) is 9.78 Å². The number of benzene rings is 1. The topological polar surface area (TPSA) is 68.2 Å². The molecule has 0 atom stereocenters. The number of hydrogen-bond donors (Lipinski definition) is 2. The lowest BCUT2D eigenvalue weighted by Gasteiger charge is -2.05. The molecule has 0 saturated carbocycles. The number of aromatic nitrogens is 2. The molecule has 0 bridgehead atoms. The standard InChI is InChI=1S/C13H15FN4O2/c1-20-8-7-18-6-5-12(17-18)16-13(19)15-11-4-2-3-10(14)9-11/h2-6,9H,7-8H2,1H3,(H2,15,16,17,19). The molecule has 0 fully saturated rings. The molecule has 1 heterocycles. The molecular weight excluding hydrogens is 263 g/mol. The van der Waals surface area contributed by atoms with Gasteiger partial charge in [-0.05, 0) is 18.2 Å². The van der Waals surface area contributed by atoms with Crippen molar-refractivity contribution >= 4 is 17.5 Å². The molecule has 20 heavy (non-hydrogen) atoms. The van der Waals surface area contributed by atoms with E-state index < -0.39 is 11.8 Å². The van der Waals surface area contributed by atoms with Crippen molar-refractivity contribution in [2.24, 2.45) is 0 Å². The van der Waals surface area contributed by atoms with Gasteiger partial charge in [-0.15, -0.1) is 0 Å². The second-order valence-corrected chi connectivity index (χ2v) is 4.05. The summed E-state index contributed by atoms with van der Waals surface area (Å²) >= 11 is 0. The smallest absolute Gasteiger partial charge is 0.324 e. The van der Waals surface area contributed by atoms with Crippen molar-refractivity contribution in [1.29, 1.82) is 0 Å². The molecule has 0 spiro atoms. The van der Waals surface area contributed by atoms with Crippen LogP contribution in [0.1, 0.15) is 0 Å². The summed E-state index contributed by atoms with van der Waals surface area (Å²) in [5.41, 5.74) is 0.376. The van der Waals surface area contributed by atoms with Crippen LogP contribution < -0.4 is 10.6 Å². The predicted octanol–water partition coefficient (Wildman–Crippen LogP) is 2.31. The maximum absolute atomic E-state index is 13.0. The first-order valence-corrected chi connectivity index (χ1v) is 6.03. The lowest BCUT2D eigenvalue weighted by Crippen LogP contribution is -2.20. The van der Waals surface area contributed by atoms with Gasteiger partial charge in [0.05, 0.1) is 13.2 Å². The number of nitrogens with zero attached hydrogens (tertiary/aromatic N) is 2. The van der Waals surface area contributed by atoms with Crippen LogP contribution in [0.5, 0.6) is 0 Å². The van der Waals surface area contributed by atoms with E-state index in [1.807, 2.05) is 0 Å². The molecule has 0 aliphatic carbocycles. The molecule has 6 nitrogen and oxygen atoms in total. The number of carbonyl (C=O) groups excluding carboxylic acids is 1. The summed E-state index contributed by atoms with van der Waals surface area (Å²) in [6.07, 6.45) is 1.73. The number of carbonyl (C=O) groups is 1. The van der Waals surface area contributed by atoms with Crippen LogP contribution in [-0.4, -0.2) is 29.5 Å². The zero-order valence-corrected chi connectivity index (χ0v) is 11.0. The van der Waals surface area contributed by atoms with Gasteiger partial charge in [-0.1, -0.05) is 6.07 Å². The van der Waals surface area contributed by atoms with Gasteiger partial charge in [0, 0.05) is 25.1 Å². The van der Waals surface area contributed by atoms with Crippen LogP contribution in [0.15, 0.2) is 36.5 Å². The highest BCUT2D eigenvalue weighted by molar-refractivity contribution is 5.99. The van der Waals surface area contributed by atoms with E-state index in [1.54, 1.807) is 30.1 Å². The summed E-state index contributed by atoms with van der Waals surface area (Å²) in [6.45, 7) is 1.14. The Kier molecular flexibility index (Phi) is 4.67. The third-order valence-electron chi connectivity index (χ3n) is 2.49. The third-order valence-corrected chi connectivity index (χ3v) is 2.49. The molecule has 1 aromatic carbocycles. The number of urea groups is 1. The van der Waals surface area contributed by atoms with Crippen molar-refractivity contribution < 1.29 is 13.9 Å². The maximum Gasteiger partial charge on any atom is 0.324 e. The lowest BCUT2D eigenvalue weighted by molar-refractivity contribution is 0.183. The van der Waals surface area contributed by atoms with Crippen LogP contribution in [0.2, 0.25) is 0 Å². The molecule has 1 aromatic heterocycles. The first-order valence-electron chi connectivity index (χ1n) is 6.03. The molecule has 0 aliphatic heterocycles. The second-order valence-electron chi connectivity index (χ2n) is 4.05. The Morgan fingerprint density at radius 1 is 1.40 bits per heavy atom. The number of amides is 2. The normalized spacial score (nSPS) is 10.3. The van der Waals surface area contributed by atoms with Gasteiger partial charge >= 0.3 is 6.03 Å². The van der Waals surface area contributed by atoms with E-state index in [0.717, 1.165) is 0 Å². The van der Waals surface area contributed by atoms with Crippen LogP contribution in [0.3, 0.4) is 0 Å². The monoisotopic (exact) mass is 278 g/mol. The van der Waals surface area contributed by atoms with E-state index in [0.29, 0.717) is 24.7 Å². The van der Waals surface area contributed by atoms with E-state index >= 15 is 0 Å². The summed E-state index contributed by atoms with van der Waals surface area (Å²) < 4.78 is 19.6. The summed E-state index contributed by atoms with van der Waals surface area (Å²) in [6, 6.07) is 6.84. The van der Waals surface area contributed by atoms with Gasteiger partial charge in [-0.3, -0.25) is 10.00 Å². The van der Waals surface area contributed by atoms with Crippen molar-refractivity contribution in [3.05, 3.63) is 42.3 Å². The van der Waals surface area contributed by atoms with E-state index in [1.165, 1.54) is 18.2 Å². The van der Waals surface area contributed by atoms with Gasteiger partial charge in [-0.2, -0.15) is 5.10 Å². The SMILES string of the molecule is COCCn1ccc(NC(=O)Nc2cccc(F)c2)n1. The third kappa shape index (κ3) is 4.06. The van der Waals surface area contributed by atoms with Gasteiger partial charge in [0.1, 0.15) is 5.82 Å². The number of anilines is 2. The van der Waals surface area contributed by atoms with Crippen molar-refractivity contribution in [3.8, 4) is 0 Å². The summed E-state index contributed by atoms with van der Waals surface area (Å²) in [5.74, 6) is 0.00153. The maximum atomic E-state index is 13.0. The van der Waals surface area contributed by atoms with E-state index in [4.69, 9.17) is 4.74 Å². The van der Waals surface area contributed by atoms with Crippen LogP contribution in [0, 0.1) is 5.82 Å². The highest BCUT2D eigenvalue weighted by Crippen LogP contribution is 2.10. The number of rotatable bonds is 5. The van der Waals surface area contributed by atoms with Crippen LogP contribution in [-0.2, 0) is 11.3 Å². The molecule has 0 radical (unpaired) electrons. The van der Waals surface area contributed by atoms with Gasteiger partial charge in [0.15, 0.2) is 5.82 Å². The molecule has 0 unspecified atom stereocenters. The first-order chi connectivity index (χ1) is 9.67. The predicted molar refractivity (Wildman–Crippen MR) is 73.1 cm³/mol. The van der Waals surface area contributed by atoms with Gasteiger partial charge in [0.25, 0.3) is 0 Å². The fraction of sp³-hybridized carbons (Fsp3) is 0.231. The zero-order chi connectivity index (χ0) is 14.4. The Hall–Kier alpha value is -2.41. The lowest BCUT2D eigenvalue weighted by atomic mass is 10.3. The summed E-state index contributed by atoms with van der Waals surface area (Å²) in [5, 5.41) is 9.22. The van der Waals surface area contributed by atoms with Crippen molar-refractivity contribution in [2.75, 3.05) is 24.4 Å². The Morgan fingerprint density at radius 3 is 3.00 bits per heavy atom. The Balaban J connectivity index is 1.89. The Labute approximate surface area is 115 Å². The average Bonchev–Trinajstić information content (AvgIpc) is 2.83. The molecule has 2 rings (SSSR count). The van der Waals surface area contributed by atoms with E-state index in [9.17, 15) is 9.18 Å². The number of hydrogen-bond acceptors (Lipinski definition) is 3. The summed E-state index contributed by atoms with van der Waals surface area (Å²) in [7, 11) is 1.61. The minimum absolute atomic E-state index is 0.376. The molecule has 0 saturated heterocycles. The first kappa shape index (κ1) is 14.0. The minimum Gasteiger partial charge on any atom is -0.383 e. The molecule has 106 valence electrons. The number of ether oxygens (including phenoxy) is 1. The van der Waals surface area contributed by atoms with Crippen molar-refractivity contribution in [3.63, 3.8) is 0 Å². The fourth-order valence-corrected chi connectivity index (χ4v) is 1.58. The fourth-order valence-electron chi connectivity index (χ4n) is 1.58. The Morgan fingerprint density at radius 2 is 2.25 bits per heavy atom. The summed E-state index contributed by atoms with van der Waals surface area (Å²) in [4.78, 5) is 11.7. The Bertz CT molecular complexity index is 585. The zero-order valence-electron chi connectivity index (χ0n) is 11.0. The average molecular weight is 278 g/mol. The molecule has 2 amide bonds. The largest absolute Gasteiger partial charge is 0.383 e. The van der Waals surface area contributed by atoms with E-state index in [-0.39, 0.29) is 0 Å². The molecule has 7 heteroatoms. The van der Waals surface area contributed by atoms with Gasteiger partial charge in [0.2, 0.25) is 0 Å².